The maximum absolute atomic E-state index is 13.1. The normalized spacial score (nSPS) is 22.6. The molecule has 0 bridgehead atoms. The second-order valence-corrected chi connectivity index (χ2v) is 10.1. The Labute approximate surface area is 205 Å². The van der Waals surface area contributed by atoms with Gasteiger partial charge in [0.05, 0.1) is 14.2 Å². The van der Waals surface area contributed by atoms with E-state index in [0.29, 0.717) is 22.0 Å². The lowest BCUT2D eigenvalue weighted by atomic mass is 9.96. The highest BCUT2D eigenvalue weighted by Crippen LogP contribution is 2.35. The monoisotopic (exact) mass is 481 g/mol. The first-order valence-electron chi connectivity index (χ1n) is 12.0. The number of benzene rings is 1. The van der Waals surface area contributed by atoms with Crippen molar-refractivity contribution in [2.75, 3.05) is 21.3 Å². The first-order chi connectivity index (χ1) is 16.5. The zero-order valence-corrected chi connectivity index (χ0v) is 21.0. The third-order valence-electron chi connectivity index (χ3n) is 6.61. The van der Waals surface area contributed by atoms with Gasteiger partial charge >= 0.3 is 5.91 Å². The van der Waals surface area contributed by atoms with Crippen molar-refractivity contribution < 1.29 is 23.6 Å². The topological polar surface area (TPSA) is 67.6 Å². The SMILES string of the molecule is COc1ccc(/C=C2\SC3C=CC(C(=O)NC4CCCCCCC4)=CC3=[N+](C)C2=O)cc1OC. The third-order valence-corrected chi connectivity index (χ3v) is 7.81. The molecule has 1 heterocycles. The van der Waals surface area contributed by atoms with Gasteiger partial charge in [-0.3, -0.25) is 4.79 Å². The summed E-state index contributed by atoms with van der Waals surface area (Å²) in [5, 5.41) is 3.20. The molecule has 2 amide bonds. The van der Waals surface area contributed by atoms with Crippen molar-refractivity contribution in [3.05, 3.63) is 52.5 Å². The van der Waals surface area contributed by atoms with Gasteiger partial charge in [0.15, 0.2) is 11.5 Å². The predicted molar refractivity (Wildman–Crippen MR) is 137 cm³/mol. The van der Waals surface area contributed by atoms with Crippen LogP contribution >= 0.6 is 11.8 Å². The maximum Gasteiger partial charge on any atom is 0.425 e. The number of carbonyl (C=O) groups is 2. The van der Waals surface area contributed by atoms with Crippen LogP contribution in [-0.4, -0.2) is 54.7 Å². The van der Waals surface area contributed by atoms with Crippen LogP contribution in [0.15, 0.2) is 46.9 Å². The molecule has 1 saturated carbocycles. The molecule has 0 spiro atoms. The molecule has 34 heavy (non-hydrogen) atoms. The lowest BCUT2D eigenvalue weighted by Gasteiger charge is -2.23. The Morgan fingerprint density at radius 2 is 1.79 bits per heavy atom. The number of nitrogens with one attached hydrogen (secondary N) is 1. The van der Waals surface area contributed by atoms with Crippen molar-refractivity contribution in [2.24, 2.45) is 0 Å². The lowest BCUT2D eigenvalue weighted by Crippen LogP contribution is -2.39. The molecule has 1 aromatic carbocycles. The van der Waals surface area contributed by atoms with Gasteiger partial charge in [0.2, 0.25) is 5.71 Å². The molecule has 180 valence electrons. The molecule has 0 radical (unpaired) electrons. The van der Waals surface area contributed by atoms with Crippen molar-refractivity contribution in [1.82, 2.24) is 5.32 Å². The van der Waals surface area contributed by atoms with E-state index >= 15 is 0 Å². The van der Waals surface area contributed by atoms with Gasteiger partial charge in [0.25, 0.3) is 5.91 Å². The molecule has 1 N–H and O–H groups in total. The molecule has 1 aliphatic heterocycles. The number of carbonyl (C=O) groups excluding carboxylic acids is 2. The van der Waals surface area contributed by atoms with E-state index in [9.17, 15) is 9.59 Å². The summed E-state index contributed by atoms with van der Waals surface area (Å²) in [6.07, 6.45) is 15.9. The molecule has 0 saturated heterocycles. The summed E-state index contributed by atoms with van der Waals surface area (Å²) in [7, 11) is 4.96. The van der Waals surface area contributed by atoms with Crippen molar-refractivity contribution >= 4 is 35.4 Å². The first-order valence-corrected chi connectivity index (χ1v) is 12.8. The van der Waals surface area contributed by atoms with Crippen molar-refractivity contribution in [2.45, 2.75) is 56.2 Å². The van der Waals surface area contributed by atoms with Crippen LogP contribution < -0.4 is 14.8 Å². The number of likely N-dealkylation sites (N-methyl/N-ethyl adjacent to an activating group) is 1. The fourth-order valence-corrected chi connectivity index (χ4v) is 5.86. The molecule has 1 fully saturated rings. The van der Waals surface area contributed by atoms with Gasteiger partial charge in [-0.25, -0.2) is 4.79 Å². The number of hydrogen-bond acceptors (Lipinski definition) is 5. The summed E-state index contributed by atoms with van der Waals surface area (Å²) in [4.78, 5) is 26.7. The zero-order chi connectivity index (χ0) is 24.1. The minimum absolute atomic E-state index is 0.0213. The quantitative estimate of drug-likeness (QED) is 0.496. The van der Waals surface area contributed by atoms with Crippen LogP contribution in [0.3, 0.4) is 0 Å². The Morgan fingerprint density at radius 1 is 1.09 bits per heavy atom. The summed E-state index contributed by atoms with van der Waals surface area (Å²) in [6.45, 7) is 0. The smallest absolute Gasteiger partial charge is 0.425 e. The summed E-state index contributed by atoms with van der Waals surface area (Å²) >= 11 is 1.50. The molecule has 4 rings (SSSR count). The minimum atomic E-state index is -0.0858. The Kier molecular flexibility index (Phi) is 7.93. The van der Waals surface area contributed by atoms with E-state index in [-0.39, 0.29) is 23.1 Å². The molecule has 1 aromatic rings. The van der Waals surface area contributed by atoms with Crippen LogP contribution in [0.2, 0.25) is 0 Å². The number of allylic oxidation sites excluding steroid dienone is 1. The van der Waals surface area contributed by atoms with Crippen LogP contribution in [0, 0.1) is 0 Å². The second-order valence-electron chi connectivity index (χ2n) is 8.92. The molecular formula is C27H33N2O4S+. The van der Waals surface area contributed by atoms with Crippen LogP contribution in [0.1, 0.15) is 50.5 Å². The number of methoxy groups -OCH3 is 2. The molecule has 2 aliphatic carbocycles. The molecule has 0 aromatic heterocycles. The van der Waals surface area contributed by atoms with Crippen molar-refractivity contribution in [3.8, 4) is 11.5 Å². The Bertz CT molecular complexity index is 1080. The van der Waals surface area contributed by atoms with Crippen LogP contribution in [0.5, 0.6) is 11.5 Å². The van der Waals surface area contributed by atoms with Crippen molar-refractivity contribution in [3.63, 3.8) is 0 Å². The van der Waals surface area contributed by atoms with Gasteiger partial charge in [-0.1, -0.05) is 62.1 Å². The number of rotatable bonds is 5. The fourth-order valence-electron chi connectivity index (χ4n) is 4.64. The molecule has 1 unspecified atom stereocenters. The van der Waals surface area contributed by atoms with E-state index in [4.69, 9.17) is 9.47 Å². The summed E-state index contributed by atoms with van der Waals surface area (Å²) in [5.74, 6) is 1.12. The highest BCUT2D eigenvalue weighted by molar-refractivity contribution is 8.05. The lowest BCUT2D eigenvalue weighted by molar-refractivity contribution is -0.413. The van der Waals surface area contributed by atoms with Gasteiger partial charge in [0.1, 0.15) is 17.2 Å². The number of ether oxygens (including phenoxy) is 2. The second kappa shape index (κ2) is 11.1. The number of thioether (sulfide) groups is 1. The molecule has 6 nitrogen and oxygen atoms in total. The maximum atomic E-state index is 13.1. The fraction of sp³-hybridized carbons (Fsp3) is 0.444. The Morgan fingerprint density at radius 3 is 2.50 bits per heavy atom. The summed E-state index contributed by atoms with van der Waals surface area (Å²) in [6, 6.07) is 5.82. The average Bonchev–Trinajstić information content (AvgIpc) is 2.83. The van der Waals surface area contributed by atoms with Gasteiger partial charge < -0.3 is 14.8 Å². The van der Waals surface area contributed by atoms with Crippen LogP contribution in [0.4, 0.5) is 0 Å². The van der Waals surface area contributed by atoms with E-state index in [1.807, 2.05) is 42.5 Å². The van der Waals surface area contributed by atoms with Crippen LogP contribution in [-0.2, 0) is 9.59 Å². The number of hydrogen-bond donors (Lipinski definition) is 1. The molecule has 1 atom stereocenters. The minimum Gasteiger partial charge on any atom is -0.493 e. The van der Waals surface area contributed by atoms with Gasteiger partial charge in [-0.2, -0.15) is 4.58 Å². The standard InChI is InChI=1S/C27H32N2O4S/c1-29-21-17-19(26(30)28-20-9-7-5-4-6-8-10-20)12-14-24(21)34-25(27(29)31)16-18-11-13-22(32-2)23(15-18)33-3/h11-17,20,24H,4-10H2,1-3H3/p+1/b25-16-. The first kappa shape index (κ1) is 24.3. The van der Waals surface area contributed by atoms with E-state index in [2.05, 4.69) is 5.32 Å². The Balaban J connectivity index is 1.52. The van der Waals surface area contributed by atoms with Gasteiger partial charge in [-0.05, 0) is 36.6 Å². The molecule has 7 heteroatoms. The van der Waals surface area contributed by atoms with Crippen LogP contribution in [0.25, 0.3) is 6.08 Å². The highest BCUT2D eigenvalue weighted by Gasteiger charge is 2.38. The largest absolute Gasteiger partial charge is 0.493 e. The summed E-state index contributed by atoms with van der Waals surface area (Å²) in [5.41, 5.74) is 2.31. The average molecular weight is 482 g/mol. The van der Waals surface area contributed by atoms with Gasteiger partial charge in [-0.15, -0.1) is 0 Å². The highest BCUT2D eigenvalue weighted by atomic mass is 32.2. The van der Waals surface area contributed by atoms with Crippen molar-refractivity contribution in [1.29, 1.82) is 0 Å². The molecular weight excluding hydrogens is 448 g/mol. The van der Waals surface area contributed by atoms with E-state index in [0.717, 1.165) is 24.1 Å². The third kappa shape index (κ3) is 5.46. The molecule has 3 aliphatic rings. The van der Waals surface area contributed by atoms with E-state index in [1.54, 1.807) is 25.8 Å². The predicted octanol–water partition coefficient (Wildman–Crippen LogP) is 4.50. The zero-order valence-electron chi connectivity index (χ0n) is 20.1. The summed E-state index contributed by atoms with van der Waals surface area (Å²) < 4.78 is 12.3. The number of fused-ring (bicyclic) bond motifs is 1. The number of nitrogens with zero attached hydrogens (tertiary/aromatic N) is 1. The van der Waals surface area contributed by atoms with E-state index < -0.39 is 0 Å². The number of amides is 2. The van der Waals surface area contributed by atoms with E-state index in [1.165, 1.54) is 43.9 Å². The van der Waals surface area contributed by atoms with Gasteiger partial charge in [0, 0.05) is 17.7 Å². The Hall–Kier alpha value is -2.80.